The van der Waals surface area contributed by atoms with Crippen molar-refractivity contribution in [3.05, 3.63) is 58.1 Å². The van der Waals surface area contributed by atoms with Crippen LogP contribution in [-0.2, 0) is 0 Å². The van der Waals surface area contributed by atoms with Crippen LogP contribution in [0.3, 0.4) is 0 Å². The van der Waals surface area contributed by atoms with Gasteiger partial charge in [0.05, 0.1) is 12.7 Å². The molecule has 0 aromatic heterocycles. The van der Waals surface area contributed by atoms with E-state index in [1.165, 1.54) is 0 Å². The van der Waals surface area contributed by atoms with E-state index < -0.39 is 0 Å². The third kappa shape index (κ3) is 3.35. The highest BCUT2D eigenvalue weighted by Crippen LogP contribution is 2.21. The lowest BCUT2D eigenvalue weighted by atomic mass is 10.1. The van der Waals surface area contributed by atoms with Gasteiger partial charge in [-0.25, -0.2) is 0 Å². The van der Waals surface area contributed by atoms with Gasteiger partial charge in [-0.1, -0.05) is 17.7 Å². The first-order chi connectivity index (χ1) is 9.10. The van der Waals surface area contributed by atoms with Gasteiger partial charge in [0.25, 0.3) is 5.91 Å². The van der Waals surface area contributed by atoms with Crippen molar-refractivity contribution in [2.24, 2.45) is 0 Å². The molecule has 0 saturated heterocycles. The molecular weight excluding hydrogens is 306 g/mol. The summed E-state index contributed by atoms with van der Waals surface area (Å²) in [7, 11) is 1.60. The predicted molar refractivity (Wildman–Crippen MR) is 79.8 cm³/mol. The van der Waals surface area contributed by atoms with Gasteiger partial charge in [0.2, 0.25) is 0 Å². The molecule has 19 heavy (non-hydrogen) atoms. The highest BCUT2D eigenvalue weighted by molar-refractivity contribution is 9.10. The van der Waals surface area contributed by atoms with E-state index >= 15 is 0 Å². The van der Waals surface area contributed by atoms with Gasteiger partial charge in [0.15, 0.2) is 0 Å². The van der Waals surface area contributed by atoms with Crippen LogP contribution < -0.4 is 10.1 Å². The standard InChI is InChI=1S/C15H14BrNO2/c1-10-6-7-14(16)13(8-10)15(18)17-11-4-3-5-12(9-11)19-2/h3-9H,1-2H3,(H,17,18). The van der Waals surface area contributed by atoms with Crippen molar-refractivity contribution >= 4 is 27.5 Å². The number of ether oxygens (including phenoxy) is 1. The molecule has 0 aliphatic carbocycles. The van der Waals surface area contributed by atoms with Crippen LogP contribution in [0.2, 0.25) is 0 Å². The van der Waals surface area contributed by atoms with Crippen LogP contribution in [0.4, 0.5) is 5.69 Å². The molecule has 0 saturated carbocycles. The van der Waals surface area contributed by atoms with E-state index in [-0.39, 0.29) is 5.91 Å². The summed E-state index contributed by atoms with van der Waals surface area (Å²) in [5, 5.41) is 2.85. The molecule has 0 fully saturated rings. The van der Waals surface area contributed by atoms with Crippen LogP contribution in [0, 0.1) is 6.92 Å². The van der Waals surface area contributed by atoms with Gasteiger partial charge in [0.1, 0.15) is 5.75 Å². The Morgan fingerprint density at radius 1 is 1.21 bits per heavy atom. The number of methoxy groups -OCH3 is 1. The molecule has 3 nitrogen and oxygen atoms in total. The van der Waals surface area contributed by atoms with E-state index in [2.05, 4.69) is 21.2 Å². The molecule has 0 atom stereocenters. The number of halogens is 1. The molecule has 2 aromatic carbocycles. The zero-order valence-electron chi connectivity index (χ0n) is 10.7. The SMILES string of the molecule is COc1cccc(NC(=O)c2cc(C)ccc2Br)c1. The van der Waals surface area contributed by atoms with Crippen LogP contribution in [0.5, 0.6) is 5.75 Å². The highest BCUT2D eigenvalue weighted by Gasteiger charge is 2.10. The first kappa shape index (κ1) is 13.6. The van der Waals surface area contributed by atoms with Gasteiger partial charge < -0.3 is 10.1 Å². The molecule has 0 unspecified atom stereocenters. The van der Waals surface area contributed by atoms with Crippen LogP contribution in [0.25, 0.3) is 0 Å². The molecule has 0 bridgehead atoms. The summed E-state index contributed by atoms with van der Waals surface area (Å²) in [6.45, 7) is 1.95. The molecule has 2 aromatic rings. The van der Waals surface area contributed by atoms with Crippen molar-refractivity contribution in [3.63, 3.8) is 0 Å². The average molecular weight is 320 g/mol. The fraction of sp³-hybridized carbons (Fsp3) is 0.133. The molecule has 0 spiro atoms. The average Bonchev–Trinajstić information content (AvgIpc) is 2.41. The first-order valence-corrected chi connectivity index (χ1v) is 6.61. The number of carbonyl (C=O) groups excluding carboxylic acids is 1. The second-order valence-electron chi connectivity index (χ2n) is 4.17. The van der Waals surface area contributed by atoms with E-state index in [1.807, 2.05) is 43.3 Å². The summed E-state index contributed by atoms with van der Waals surface area (Å²) in [5.41, 5.74) is 2.36. The third-order valence-corrected chi connectivity index (χ3v) is 3.39. The monoisotopic (exact) mass is 319 g/mol. The van der Waals surface area contributed by atoms with E-state index in [0.717, 1.165) is 10.0 Å². The Kier molecular flexibility index (Phi) is 4.22. The minimum Gasteiger partial charge on any atom is -0.497 e. The summed E-state index contributed by atoms with van der Waals surface area (Å²) in [6.07, 6.45) is 0. The fourth-order valence-corrected chi connectivity index (χ4v) is 2.14. The maximum absolute atomic E-state index is 12.2. The molecule has 1 amide bonds. The second kappa shape index (κ2) is 5.89. The minimum atomic E-state index is -0.149. The van der Waals surface area contributed by atoms with Gasteiger partial charge in [-0.2, -0.15) is 0 Å². The fourth-order valence-electron chi connectivity index (χ4n) is 1.71. The van der Waals surface area contributed by atoms with E-state index in [1.54, 1.807) is 13.2 Å². The second-order valence-corrected chi connectivity index (χ2v) is 5.02. The van der Waals surface area contributed by atoms with Gasteiger partial charge in [-0.15, -0.1) is 0 Å². The van der Waals surface area contributed by atoms with Crippen LogP contribution in [-0.4, -0.2) is 13.0 Å². The molecule has 2 rings (SSSR count). The number of amides is 1. The number of anilines is 1. The number of aryl methyl sites for hydroxylation is 1. The zero-order chi connectivity index (χ0) is 13.8. The Labute approximate surface area is 120 Å². The summed E-state index contributed by atoms with van der Waals surface area (Å²) in [5.74, 6) is 0.560. The molecule has 0 heterocycles. The van der Waals surface area contributed by atoms with Crippen LogP contribution in [0.1, 0.15) is 15.9 Å². The van der Waals surface area contributed by atoms with Crippen molar-refractivity contribution in [2.45, 2.75) is 6.92 Å². The molecular formula is C15H14BrNO2. The van der Waals surface area contributed by atoms with Crippen LogP contribution in [0.15, 0.2) is 46.9 Å². The number of rotatable bonds is 3. The molecule has 1 N–H and O–H groups in total. The minimum absolute atomic E-state index is 0.149. The van der Waals surface area contributed by atoms with E-state index in [0.29, 0.717) is 17.0 Å². The maximum Gasteiger partial charge on any atom is 0.256 e. The summed E-state index contributed by atoms with van der Waals surface area (Å²) >= 11 is 3.39. The smallest absolute Gasteiger partial charge is 0.256 e. The van der Waals surface area contributed by atoms with Gasteiger partial charge >= 0.3 is 0 Å². The Hall–Kier alpha value is -1.81. The molecule has 0 radical (unpaired) electrons. The van der Waals surface area contributed by atoms with Gasteiger partial charge in [-0.3, -0.25) is 4.79 Å². The Morgan fingerprint density at radius 2 is 2.00 bits per heavy atom. The Bertz CT molecular complexity index is 611. The summed E-state index contributed by atoms with van der Waals surface area (Å²) in [6, 6.07) is 12.9. The quantitative estimate of drug-likeness (QED) is 0.928. The number of nitrogens with one attached hydrogen (secondary N) is 1. The van der Waals surface area contributed by atoms with Crippen molar-refractivity contribution in [1.29, 1.82) is 0 Å². The lowest BCUT2D eigenvalue weighted by molar-refractivity contribution is 0.102. The third-order valence-electron chi connectivity index (χ3n) is 2.69. The van der Waals surface area contributed by atoms with Crippen molar-refractivity contribution in [3.8, 4) is 5.75 Å². The predicted octanol–water partition coefficient (Wildman–Crippen LogP) is 4.02. The number of hydrogen-bond donors (Lipinski definition) is 1. The highest BCUT2D eigenvalue weighted by atomic mass is 79.9. The topological polar surface area (TPSA) is 38.3 Å². The van der Waals surface area contributed by atoms with E-state index in [9.17, 15) is 4.79 Å². The maximum atomic E-state index is 12.2. The van der Waals surface area contributed by atoms with E-state index in [4.69, 9.17) is 4.74 Å². The van der Waals surface area contributed by atoms with Crippen molar-refractivity contribution in [2.75, 3.05) is 12.4 Å². The molecule has 0 aliphatic heterocycles. The number of carbonyl (C=O) groups is 1. The van der Waals surface area contributed by atoms with Crippen molar-refractivity contribution in [1.82, 2.24) is 0 Å². The molecule has 0 aliphatic rings. The summed E-state index contributed by atoms with van der Waals surface area (Å²) < 4.78 is 5.90. The lowest BCUT2D eigenvalue weighted by Crippen LogP contribution is -2.12. The molecule has 98 valence electrons. The largest absolute Gasteiger partial charge is 0.497 e. The zero-order valence-corrected chi connectivity index (χ0v) is 12.3. The Morgan fingerprint density at radius 3 is 2.74 bits per heavy atom. The lowest BCUT2D eigenvalue weighted by Gasteiger charge is -2.09. The van der Waals surface area contributed by atoms with Crippen LogP contribution >= 0.6 is 15.9 Å². The first-order valence-electron chi connectivity index (χ1n) is 5.81. The Balaban J connectivity index is 2.23. The molecule has 4 heteroatoms. The number of benzene rings is 2. The normalized spacial score (nSPS) is 10.1. The van der Waals surface area contributed by atoms with Gasteiger partial charge in [-0.05, 0) is 47.1 Å². The van der Waals surface area contributed by atoms with Crippen molar-refractivity contribution < 1.29 is 9.53 Å². The van der Waals surface area contributed by atoms with Gasteiger partial charge in [0, 0.05) is 16.2 Å². The summed E-state index contributed by atoms with van der Waals surface area (Å²) in [4.78, 5) is 12.2. The number of hydrogen-bond acceptors (Lipinski definition) is 2.